The Bertz CT molecular complexity index is 1020. The van der Waals surface area contributed by atoms with Crippen LogP contribution in [0.15, 0.2) is 42.7 Å². The lowest BCUT2D eigenvalue weighted by Crippen LogP contribution is -2.31. The topological polar surface area (TPSA) is 64.7 Å². The van der Waals surface area contributed by atoms with Gasteiger partial charge in [0.2, 0.25) is 5.91 Å². The second-order valence-corrected chi connectivity index (χ2v) is 9.24. The number of aromatic nitrogens is 4. The monoisotopic (exact) mass is 405 g/mol. The van der Waals surface area contributed by atoms with E-state index in [4.69, 9.17) is 0 Å². The zero-order valence-corrected chi connectivity index (χ0v) is 18.4. The average Bonchev–Trinajstić information content (AvgIpc) is 3.32. The molecule has 0 saturated carbocycles. The maximum Gasteiger partial charge on any atom is 0.222 e. The number of nitrogens with zero attached hydrogens (tertiary/aromatic N) is 4. The third kappa shape index (κ3) is 4.32. The molecule has 0 bridgehead atoms. The van der Waals surface area contributed by atoms with Crippen LogP contribution in [0.1, 0.15) is 68.6 Å². The summed E-state index contributed by atoms with van der Waals surface area (Å²) in [5, 5.41) is 12.2. The van der Waals surface area contributed by atoms with Gasteiger partial charge in [0, 0.05) is 30.4 Å². The maximum atomic E-state index is 12.5. The Morgan fingerprint density at radius 3 is 2.63 bits per heavy atom. The summed E-state index contributed by atoms with van der Waals surface area (Å²) in [7, 11) is 0. The number of carbonyl (C=O) groups excluding carboxylic acids is 1. The van der Waals surface area contributed by atoms with Crippen LogP contribution in [0.3, 0.4) is 0 Å². The van der Waals surface area contributed by atoms with E-state index in [0.717, 1.165) is 36.2 Å². The molecule has 0 fully saturated rings. The minimum Gasteiger partial charge on any atom is -0.349 e. The Labute approximate surface area is 178 Å². The number of aryl methyl sites for hydroxylation is 2. The van der Waals surface area contributed by atoms with E-state index in [0.29, 0.717) is 13.0 Å². The standard InChI is InChI=1S/C24H31N5O/c1-17-12-14-28(27-17)15-13-23(30)26-21-6-5-7-22-20(21)16-25-29(22)19-10-8-18(9-11-19)24(2,3)4/h8-12,14,16,21H,5-7,13,15H2,1-4H3,(H,26,30). The molecule has 0 aliphatic heterocycles. The molecule has 158 valence electrons. The lowest BCUT2D eigenvalue weighted by Gasteiger charge is -2.24. The highest BCUT2D eigenvalue weighted by Gasteiger charge is 2.26. The average molecular weight is 406 g/mol. The van der Waals surface area contributed by atoms with Crippen molar-refractivity contribution in [2.75, 3.05) is 0 Å². The van der Waals surface area contributed by atoms with Crippen molar-refractivity contribution in [3.8, 4) is 5.69 Å². The molecule has 0 radical (unpaired) electrons. The van der Waals surface area contributed by atoms with E-state index < -0.39 is 0 Å². The predicted octanol–water partition coefficient (Wildman–Crippen LogP) is 4.26. The van der Waals surface area contributed by atoms with Gasteiger partial charge in [-0.3, -0.25) is 9.48 Å². The fourth-order valence-electron chi connectivity index (χ4n) is 4.10. The van der Waals surface area contributed by atoms with Crippen LogP contribution in [0.2, 0.25) is 0 Å². The molecule has 4 rings (SSSR count). The van der Waals surface area contributed by atoms with Gasteiger partial charge >= 0.3 is 0 Å². The number of rotatable bonds is 5. The van der Waals surface area contributed by atoms with Crippen molar-refractivity contribution in [3.63, 3.8) is 0 Å². The van der Waals surface area contributed by atoms with Crippen LogP contribution in [0.4, 0.5) is 0 Å². The fraction of sp³-hybridized carbons (Fsp3) is 0.458. The summed E-state index contributed by atoms with van der Waals surface area (Å²) in [5.74, 6) is 0.0586. The quantitative estimate of drug-likeness (QED) is 0.690. The zero-order valence-electron chi connectivity index (χ0n) is 18.4. The van der Waals surface area contributed by atoms with E-state index in [9.17, 15) is 4.79 Å². The number of hydrogen-bond acceptors (Lipinski definition) is 3. The minimum atomic E-state index is 0.0307. The number of fused-ring (bicyclic) bond motifs is 1. The predicted molar refractivity (Wildman–Crippen MR) is 118 cm³/mol. The molecule has 1 aliphatic carbocycles. The normalized spacial score (nSPS) is 16.3. The summed E-state index contributed by atoms with van der Waals surface area (Å²) >= 11 is 0. The Morgan fingerprint density at radius 2 is 1.97 bits per heavy atom. The van der Waals surface area contributed by atoms with Crippen LogP contribution in [-0.4, -0.2) is 25.5 Å². The van der Waals surface area contributed by atoms with Crippen molar-refractivity contribution in [1.82, 2.24) is 24.9 Å². The molecule has 2 aromatic heterocycles. The van der Waals surface area contributed by atoms with Gasteiger partial charge in [0.25, 0.3) is 0 Å². The number of hydrogen-bond donors (Lipinski definition) is 1. The number of benzene rings is 1. The number of amides is 1. The molecule has 2 heterocycles. The van der Waals surface area contributed by atoms with E-state index >= 15 is 0 Å². The van der Waals surface area contributed by atoms with Crippen LogP contribution in [0, 0.1) is 6.92 Å². The summed E-state index contributed by atoms with van der Waals surface area (Å²) in [6.45, 7) is 9.21. The van der Waals surface area contributed by atoms with E-state index in [2.05, 4.69) is 60.6 Å². The van der Waals surface area contributed by atoms with Crippen LogP contribution in [-0.2, 0) is 23.2 Å². The van der Waals surface area contributed by atoms with Crippen molar-refractivity contribution < 1.29 is 4.79 Å². The summed E-state index contributed by atoms with van der Waals surface area (Å²) in [4.78, 5) is 12.5. The van der Waals surface area contributed by atoms with Gasteiger partial charge in [-0.25, -0.2) is 4.68 Å². The third-order valence-electron chi connectivity index (χ3n) is 5.84. The van der Waals surface area contributed by atoms with Crippen molar-refractivity contribution in [3.05, 3.63) is 65.2 Å². The Kier molecular flexibility index (Phi) is 5.50. The van der Waals surface area contributed by atoms with Crippen molar-refractivity contribution in [2.45, 2.75) is 71.4 Å². The molecule has 0 spiro atoms. The molecule has 0 saturated heterocycles. The van der Waals surface area contributed by atoms with Gasteiger partial charge in [-0.2, -0.15) is 10.2 Å². The van der Waals surface area contributed by atoms with Crippen molar-refractivity contribution in [1.29, 1.82) is 0 Å². The summed E-state index contributed by atoms with van der Waals surface area (Å²) in [6, 6.07) is 10.6. The first-order valence-corrected chi connectivity index (χ1v) is 10.8. The molecule has 1 atom stereocenters. The molecule has 6 heteroatoms. The van der Waals surface area contributed by atoms with E-state index in [1.807, 2.05) is 34.7 Å². The zero-order chi connectivity index (χ0) is 21.3. The first-order valence-electron chi connectivity index (χ1n) is 10.8. The third-order valence-corrected chi connectivity index (χ3v) is 5.84. The highest BCUT2D eigenvalue weighted by molar-refractivity contribution is 5.76. The molecule has 3 aromatic rings. The van der Waals surface area contributed by atoms with Gasteiger partial charge < -0.3 is 5.32 Å². The first kappa shape index (κ1) is 20.4. The maximum absolute atomic E-state index is 12.5. The molecule has 1 aliphatic rings. The summed E-state index contributed by atoms with van der Waals surface area (Å²) < 4.78 is 3.85. The number of nitrogens with one attached hydrogen (secondary N) is 1. The van der Waals surface area contributed by atoms with Crippen molar-refractivity contribution >= 4 is 5.91 Å². The highest BCUT2D eigenvalue weighted by atomic mass is 16.1. The van der Waals surface area contributed by atoms with Gasteiger partial charge in [0.05, 0.1) is 23.6 Å². The second kappa shape index (κ2) is 8.09. The van der Waals surface area contributed by atoms with Crippen LogP contribution in [0.5, 0.6) is 0 Å². The number of carbonyl (C=O) groups is 1. The van der Waals surface area contributed by atoms with Crippen LogP contribution < -0.4 is 5.32 Å². The molecular formula is C24H31N5O. The highest BCUT2D eigenvalue weighted by Crippen LogP contribution is 2.31. The molecule has 1 N–H and O–H groups in total. The van der Waals surface area contributed by atoms with E-state index in [1.165, 1.54) is 11.3 Å². The second-order valence-electron chi connectivity index (χ2n) is 9.24. The SMILES string of the molecule is Cc1ccn(CCC(=O)NC2CCCc3c2cnn3-c2ccc(C(C)(C)C)cc2)n1. The Morgan fingerprint density at radius 1 is 1.20 bits per heavy atom. The molecule has 30 heavy (non-hydrogen) atoms. The first-order chi connectivity index (χ1) is 14.3. The smallest absolute Gasteiger partial charge is 0.222 e. The fourth-order valence-corrected chi connectivity index (χ4v) is 4.10. The van der Waals surface area contributed by atoms with Gasteiger partial charge in [0.15, 0.2) is 0 Å². The summed E-state index contributed by atoms with van der Waals surface area (Å²) in [6.07, 6.45) is 7.24. The van der Waals surface area contributed by atoms with Crippen molar-refractivity contribution in [2.24, 2.45) is 0 Å². The Hall–Kier alpha value is -2.89. The molecular weight excluding hydrogens is 374 g/mol. The largest absolute Gasteiger partial charge is 0.349 e. The Balaban J connectivity index is 1.46. The molecule has 6 nitrogen and oxygen atoms in total. The van der Waals surface area contributed by atoms with Gasteiger partial charge in [-0.05, 0) is 55.4 Å². The van der Waals surface area contributed by atoms with Gasteiger partial charge in [-0.1, -0.05) is 32.9 Å². The lowest BCUT2D eigenvalue weighted by atomic mass is 9.87. The van der Waals surface area contributed by atoms with Gasteiger partial charge in [0.1, 0.15) is 0 Å². The molecule has 1 amide bonds. The molecule has 1 aromatic carbocycles. The van der Waals surface area contributed by atoms with E-state index in [1.54, 1.807) is 0 Å². The van der Waals surface area contributed by atoms with E-state index in [-0.39, 0.29) is 17.4 Å². The summed E-state index contributed by atoms with van der Waals surface area (Å²) in [5.41, 5.74) is 5.83. The van der Waals surface area contributed by atoms with Crippen LogP contribution >= 0.6 is 0 Å². The lowest BCUT2D eigenvalue weighted by molar-refractivity contribution is -0.122. The van der Waals surface area contributed by atoms with Gasteiger partial charge in [-0.15, -0.1) is 0 Å². The van der Waals surface area contributed by atoms with Crippen LogP contribution in [0.25, 0.3) is 5.69 Å². The molecule has 1 unspecified atom stereocenters. The minimum absolute atomic E-state index is 0.0307.